The number of aromatic nitrogens is 2. The van der Waals surface area contributed by atoms with Gasteiger partial charge in [0.25, 0.3) is 5.91 Å². The second-order valence-corrected chi connectivity index (χ2v) is 11.7. The fraction of sp³-hybridized carbons (Fsp3) is 0.343. The van der Waals surface area contributed by atoms with E-state index in [9.17, 15) is 24.3 Å². The largest absolute Gasteiger partial charge is 0.480 e. The van der Waals surface area contributed by atoms with Crippen molar-refractivity contribution in [3.63, 3.8) is 0 Å². The number of carbonyl (C=O) groups is 4. The molecule has 1 aliphatic carbocycles. The SMILES string of the molecule is Cn1c(CN(Cc2ccc(C(=O)NC[C@H](NC(=O)OCc3ccccc3)C(=O)O)cc2)C(=O)NC2CCCCC2)nc2ccccc21. The highest BCUT2D eigenvalue weighted by Crippen LogP contribution is 2.20. The number of para-hydroxylation sites is 2. The highest BCUT2D eigenvalue weighted by atomic mass is 16.5. The Morgan fingerprint density at radius 2 is 1.62 bits per heavy atom. The van der Waals surface area contributed by atoms with E-state index >= 15 is 0 Å². The van der Waals surface area contributed by atoms with Crippen molar-refractivity contribution >= 4 is 35.0 Å². The molecular formula is C35H40N6O6. The summed E-state index contributed by atoms with van der Waals surface area (Å²) in [4.78, 5) is 56.8. The van der Waals surface area contributed by atoms with Crippen LogP contribution in [0.2, 0.25) is 0 Å². The number of fused-ring (bicyclic) bond motifs is 1. The number of ether oxygens (including phenoxy) is 1. The van der Waals surface area contributed by atoms with E-state index in [-0.39, 0.29) is 25.2 Å². The molecule has 0 bridgehead atoms. The van der Waals surface area contributed by atoms with Crippen molar-refractivity contribution < 1.29 is 29.0 Å². The quantitative estimate of drug-likeness (QED) is 0.175. The number of imidazole rings is 1. The van der Waals surface area contributed by atoms with Gasteiger partial charge in [0.2, 0.25) is 0 Å². The third-order valence-corrected chi connectivity index (χ3v) is 8.29. The molecule has 0 unspecified atom stereocenters. The van der Waals surface area contributed by atoms with E-state index in [1.54, 1.807) is 53.4 Å². The van der Waals surface area contributed by atoms with Crippen LogP contribution in [0.5, 0.6) is 0 Å². The molecule has 12 heteroatoms. The molecular weight excluding hydrogens is 600 g/mol. The average Bonchev–Trinajstić information content (AvgIpc) is 3.40. The first-order valence-electron chi connectivity index (χ1n) is 15.8. The van der Waals surface area contributed by atoms with Gasteiger partial charge in [-0.2, -0.15) is 0 Å². The number of alkyl carbamates (subject to hydrolysis) is 1. The van der Waals surface area contributed by atoms with Gasteiger partial charge in [0.15, 0.2) is 0 Å². The van der Waals surface area contributed by atoms with Crippen molar-refractivity contribution in [1.82, 2.24) is 30.4 Å². The van der Waals surface area contributed by atoms with Gasteiger partial charge in [-0.15, -0.1) is 0 Å². The van der Waals surface area contributed by atoms with Crippen LogP contribution in [0.15, 0.2) is 78.9 Å². The Morgan fingerprint density at radius 3 is 2.32 bits per heavy atom. The van der Waals surface area contributed by atoms with Crippen molar-refractivity contribution in [2.24, 2.45) is 7.05 Å². The number of hydrogen-bond donors (Lipinski definition) is 4. The summed E-state index contributed by atoms with van der Waals surface area (Å²) in [5.41, 5.74) is 3.71. The number of amides is 4. The van der Waals surface area contributed by atoms with Crippen LogP contribution in [0.25, 0.3) is 11.0 Å². The molecule has 4 amide bonds. The number of aryl methyl sites for hydroxylation is 1. The number of urea groups is 1. The topological polar surface area (TPSA) is 155 Å². The summed E-state index contributed by atoms with van der Waals surface area (Å²) in [5.74, 6) is -1.06. The summed E-state index contributed by atoms with van der Waals surface area (Å²) in [5, 5.41) is 17.6. The smallest absolute Gasteiger partial charge is 0.408 e. The number of benzene rings is 3. The third-order valence-electron chi connectivity index (χ3n) is 8.29. The summed E-state index contributed by atoms with van der Waals surface area (Å²) >= 11 is 0. The standard InChI is InChI=1S/C35H40N6O6/c1-40-30-15-9-8-14-28(30)38-31(40)22-41(34(45)37-27-12-6-3-7-13-27)21-24-16-18-26(19-17-24)32(42)36-20-29(33(43)44)39-35(46)47-23-25-10-4-2-5-11-25/h2,4-5,8-11,14-19,27,29H,3,6-7,12-13,20-23H2,1H3,(H,36,42)(H,37,45)(H,39,46)(H,43,44)/t29-/m0/s1. The predicted molar refractivity (Wildman–Crippen MR) is 175 cm³/mol. The van der Waals surface area contributed by atoms with Crippen molar-refractivity contribution in [3.05, 3.63) is 101 Å². The summed E-state index contributed by atoms with van der Waals surface area (Å²) in [6.07, 6.45) is 4.40. The van der Waals surface area contributed by atoms with Crippen LogP contribution in [0.3, 0.4) is 0 Å². The first-order chi connectivity index (χ1) is 22.8. The highest BCUT2D eigenvalue weighted by molar-refractivity contribution is 5.94. The maximum absolute atomic E-state index is 13.5. The molecule has 1 aliphatic rings. The van der Waals surface area contributed by atoms with E-state index in [4.69, 9.17) is 9.72 Å². The monoisotopic (exact) mass is 640 g/mol. The van der Waals surface area contributed by atoms with Crippen LogP contribution in [0, 0.1) is 0 Å². The molecule has 4 N–H and O–H groups in total. The molecule has 1 heterocycles. The fourth-order valence-corrected chi connectivity index (χ4v) is 5.61. The summed E-state index contributed by atoms with van der Waals surface area (Å²) in [6.45, 7) is 0.225. The molecule has 1 fully saturated rings. The van der Waals surface area contributed by atoms with Gasteiger partial charge in [-0.1, -0.05) is 73.9 Å². The van der Waals surface area contributed by atoms with E-state index in [0.29, 0.717) is 18.7 Å². The molecule has 0 spiro atoms. The van der Waals surface area contributed by atoms with Gasteiger partial charge in [0.1, 0.15) is 18.5 Å². The lowest BCUT2D eigenvalue weighted by atomic mass is 9.96. The van der Waals surface area contributed by atoms with Crippen LogP contribution in [0.4, 0.5) is 9.59 Å². The Balaban J connectivity index is 1.20. The Morgan fingerprint density at radius 1 is 0.915 bits per heavy atom. The van der Waals surface area contributed by atoms with Gasteiger partial charge in [-0.05, 0) is 48.2 Å². The number of carbonyl (C=O) groups excluding carboxylic acids is 3. The van der Waals surface area contributed by atoms with Crippen molar-refractivity contribution in [2.45, 2.75) is 63.9 Å². The van der Waals surface area contributed by atoms with Gasteiger partial charge < -0.3 is 35.3 Å². The van der Waals surface area contributed by atoms with E-state index < -0.39 is 24.0 Å². The second-order valence-electron chi connectivity index (χ2n) is 11.7. The molecule has 12 nitrogen and oxygen atoms in total. The van der Waals surface area contributed by atoms with E-state index in [1.165, 1.54) is 6.42 Å². The number of carboxylic acids is 1. The van der Waals surface area contributed by atoms with Crippen molar-refractivity contribution in [2.75, 3.05) is 6.54 Å². The van der Waals surface area contributed by atoms with Crippen LogP contribution in [0.1, 0.15) is 59.4 Å². The lowest BCUT2D eigenvalue weighted by molar-refractivity contribution is -0.139. The lowest BCUT2D eigenvalue weighted by Crippen LogP contribution is -2.48. The van der Waals surface area contributed by atoms with Crippen LogP contribution < -0.4 is 16.0 Å². The molecule has 246 valence electrons. The van der Waals surface area contributed by atoms with Gasteiger partial charge in [0.05, 0.1) is 17.6 Å². The molecule has 47 heavy (non-hydrogen) atoms. The molecule has 4 aromatic rings. The van der Waals surface area contributed by atoms with E-state index in [2.05, 4.69) is 16.0 Å². The lowest BCUT2D eigenvalue weighted by Gasteiger charge is -2.28. The normalized spacial score (nSPS) is 13.8. The minimum atomic E-state index is -1.39. The van der Waals surface area contributed by atoms with Gasteiger partial charge >= 0.3 is 18.1 Å². The summed E-state index contributed by atoms with van der Waals surface area (Å²) in [7, 11) is 1.94. The Labute approximate surface area is 273 Å². The number of rotatable bonds is 12. The molecule has 1 aromatic heterocycles. The number of carboxylic acid groups (broad SMARTS) is 1. The highest BCUT2D eigenvalue weighted by Gasteiger charge is 2.24. The maximum atomic E-state index is 13.5. The number of aliphatic carboxylic acids is 1. The Hall–Kier alpha value is -5.39. The third kappa shape index (κ3) is 9.09. The molecule has 1 atom stereocenters. The van der Waals surface area contributed by atoms with Gasteiger partial charge in [0, 0.05) is 31.7 Å². The van der Waals surface area contributed by atoms with Crippen molar-refractivity contribution in [3.8, 4) is 0 Å². The summed E-state index contributed by atoms with van der Waals surface area (Å²) < 4.78 is 7.09. The van der Waals surface area contributed by atoms with Gasteiger partial charge in [-0.3, -0.25) is 4.79 Å². The number of hydrogen-bond acceptors (Lipinski definition) is 6. The molecule has 0 aliphatic heterocycles. The number of nitrogens with zero attached hydrogens (tertiary/aromatic N) is 3. The first kappa shape index (κ1) is 33.0. The molecule has 5 rings (SSSR count). The van der Waals surface area contributed by atoms with Crippen molar-refractivity contribution in [1.29, 1.82) is 0 Å². The van der Waals surface area contributed by atoms with E-state index in [1.807, 2.05) is 41.9 Å². The summed E-state index contributed by atoms with van der Waals surface area (Å²) in [6, 6.07) is 22.2. The van der Waals surface area contributed by atoms with Crippen LogP contribution in [-0.4, -0.2) is 62.2 Å². The van der Waals surface area contributed by atoms with Crippen LogP contribution in [-0.2, 0) is 36.3 Å². The van der Waals surface area contributed by atoms with Crippen LogP contribution >= 0.6 is 0 Å². The minimum absolute atomic E-state index is 0.0180. The molecule has 1 saturated carbocycles. The Bertz CT molecular complexity index is 1680. The maximum Gasteiger partial charge on any atom is 0.408 e. The first-order valence-corrected chi connectivity index (χ1v) is 15.8. The van der Waals surface area contributed by atoms with E-state index in [0.717, 1.165) is 53.7 Å². The zero-order valence-electron chi connectivity index (χ0n) is 26.4. The fourth-order valence-electron chi connectivity index (χ4n) is 5.61. The number of nitrogens with one attached hydrogen (secondary N) is 3. The molecule has 0 radical (unpaired) electrons. The predicted octanol–water partition coefficient (Wildman–Crippen LogP) is 4.73. The average molecular weight is 641 g/mol. The molecule has 3 aromatic carbocycles. The van der Waals surface area contributed by atoms with Gasteiger partial charge in [-0.25, -0.2) is 19.4 Å². The second kappa shape index (κ2) is 15.7. The Kier molecular flexibility index (Phi) is 11.1. The molecule has 0 saturated heterocycles. The zero-order valence-corrected chi connectivity index (χ0v) is 26.4. The zero-order chi connectivity index (χ0) is 33.2. The minimum Gasteiger partial charge on any atom is -0.480 e.